The molecule has 1 aliphatic carbocycles. The van der Waals surface area contributed by atoms with E-state index in [0.717, 1.165) is 25.0 Å². The standard InChI is InChI=1S/C17H23F3N2O3S/c18-17(19,20)25-15-8-4-5-9-16(15)26(23,24)22-12-10-21(11-13-22)14-6-2-1-3-7-14/h4-5,8-9,14H,1-3,6-7,10-13H2. The number of piperazine rings is 1. The number of nitrogens with zero attached hydrogens (tertiary/aromatic N) is 2. The smallest absolute Gasteiger partial charge is 0.404 e. The quantitative estimate of drug-likeness (QED) is 0.790. The van der Waals surface area contributed by atoms with Gasteiger partial charge < -0.3 is 4.74 Å². The summed E-state index contributed by atoms with van der Waals surface area (Å²) in [5, 5.41) is 0. The van der Waals surface area contributed by atoms with Crippen molar-refractivity contribution in [2.45, 2.75) is 49.4 Å². The first-order chi connectivity index (χ1) is 12.3. The maximum absolute atomic E-state index is 12.8. The van der Waals surface area contributed by atoms with Gasteiger partial charge in [0, 0.05) is 32.2 Å². The first-order valence-corrected chi connectivity index (χ1v) is 10.3. The van der Waals surface area contributed by atoms with Gasteiger partial charge >= 0.3 is 6.36 Å². The van der Waals surface area contributed by atoms with Gasteiger partial charge in [-0.15, -0.1) is 13.2 Å². The molecule has 1 saturated heterocycles. The number of alkyl halides is 3. The fourth-order valence-electron chi connectivity index (χ4n) is 3.77. The Kier molecular flexibility index (Phi) is 5.78. The Labute approximate surface area is 151 Å². The highest BCUT2D eigenvalue weighted by Gasteiger charge is 2.37. The van der Waals surface area contributed by atoms with Gasteiger partial charge in [0.25, 0.3) is 0 Å². The molecule has 1 saturated carbocycles. The SMILES string of the molecule is O=S(=O)(c1ccccc1OC(F)(F)F)N1CCN(C2CCCCC2)CC1. The third-order valence-electron chi connectivity index (χ3n) is 5.06. The molecule has 0 bridgehead atoms. The summed E-state index contributed by atoms with van der Waals surface area (Å²) < 4.78 is 68.6. The molecule has 2 fully saturated rings. The van der Waals surface area contributed by atoms with Gasteiger partial charge in [-0.25, -0.2) is 8.42 Å². The van der Waals surface area contributed by atoms with Gasteiger partial charge in [-0.2, -0.15) is 4.31 Å². The van der Waals surface area contributed by atoms with Gasteiger partial charge in [-0.05, 0) is 25.0 Å². The highest BCUT2D eigenvalue weighted by atomic mass is 32.2. The Balaban J connectivity index is 1.72. The summed E-state index contributed by atoms with van der Waals surface area (Å²) in [5.41, 5.74) is 0. The molecule has 1 aromatic carbocycles. The zero-order valence-corrected chi connectivity index (χ0v) is 15.2. The van der Waals surface area contributed by atoms with Crippen molar-refractivity contribution in [1.82, 2.24) is 9.21 Å². The number of sulfonamides is 1. The molecular formula is C17H23F3N2O3S. The minimum atomic E-state index is -4.94. The molecule has 1 aromatic rings. The molecule has 1 heterocycles. The Morgan fingerprint density at radius 2 is 1.58 bits per heavy atom. The van der Waals surface area contributed by atoms with Crippen LogP contribution in [0.1, 0.15) is 32.1 Å². The van der Waals surface area contributed by atoms with E-state index in [-0.39, 0.29) is 13.1 Å². The molecule has 0 N–H and O–H groups in total. The summed E-state index contributed by atoms with van der Waals surface area (Å²) in [7, 11) is -4.04. The summed E-state index contributed by atoms with van der Waals surface area (Å²) >= 11 is 0. The van der Waals surface area contributed by atoms with Crippen LogP contribution >= 0.6 is 0 Å². The van der Waals surface area contributed by atoms with Crippen LogP contribution in [-0.2, 0) is 10.0 Å². The van der Waals surface area contributed by atoms with Crippen molar-refractivity contribution < 1.29 is 26.3 Å². The Morgan fingerprint density at radius 3 is 2.19 bits per heavy atom. The van der Waals surface area contributed by atoms with Crippen LogP contribution in [0.3, 0.4) is 0 Å². The minimum Gasteiger partial charge on any atom is -0.404 e. The summed E-state index contributed by atoms with van der Waals surface area (Å²) in [6.45, 7) is 1.76. The fraction of sp³-hybridized carbons (Fsp3) is 0.647. The predicted octanol–water partition coefficient (Wildman–Crippen LogP) is 3.22. The molecule has 0 atom stereocenters. The number of hydrogen-bond acceptors (Lipinski definition) is 4. The minimum absolute atomic E-state index is 0.277. The lowest BCUT2D eigenvalue weighted by atomic mass is 9.94. The second kappa shape index (κ2) is 7.74. The van der Waals surface area contributed by atoms with E-state index in [9.17, 15) is 21.6 Å². The van der Waals surface area contributed by atoms with E-state index < -0.39 is 27.0 Å². The van der Waals surface area contributed by atoms with Crippen molar-refractivity contribution in [3.05, 3.63) is 24.3 Å². The van der Waals surface area contributed by atoms with Gasteiger partial charge in [-0.1, -0.05) is 31.4 Å². The van der Waals surface area contributed by atoms with E-state index in [0.29, 0.717) is 19.1 Å². The summed E-state index contributed by atoms with van der Waals surface area (Å²) in [5.74, 6) is -0.685. The highest BCUT2D eigenvalue weighted by Crippen LogP contribution is 2.32. The van der Waals surface area contributed by atoms with Gasteiger partial charge in [-0.3, -0.25) is 4.90 Å². The summed E-state index contributed by atoms with van der Waals surface area (Å²) in [4.78, 5) is 1.87. The summed E-state index contributed by atoms with van der Waals surface area (Å²) in [6, 6.07) is 5.40. The van der Waals surface area contributed by atoms with E-state index in [2.05, 4.69) is 9.64 Å². The Bertz CT molecular complexity index is 710. The first-order valence-electron chi connectivity index (χ1n) is 8.86. The molecule has 0 unspecified atom stereocenters. The monoisotopic (exact) mass is 392 g/mol. The topological polar surface area (TPSA) is 49.9 Å². The van der Waals surface area contributed by atoms with Crippen LogP contribution < -0.4 is 4.74 Å². The second-order valence-corrected chi connectivity index (χ2v) is 8.63. The molecule has 9 heteroatoms. The second-order valence-electron chi connectivity index (χ2n) is 6.73. The molecular weight excluding hydrogens is 369 g/mol. The molecule has 146 valence electrons. The fourth-order valence-corrected chi connectivity index (χ4v) is 5.30. The van der Waals surface area contributed by atoms with E-state index in [1.165, 1.54) is 35.7 Å². The largest absolute Gasteiger partial charge is 0.573 e. The molecule has 5 nitrogen and oxygen atoms in total. The predicted molar refractivity (Wildman–Crippen MR) is 90.3 cm³/mol. The molecule has 1 aliphatic heterocycles. The van der Waals surface area contributed by atoms with Crippen LogP contribution in [0, 0.1) is 0 Å². The third-order valence-corrected chi connectivity index (χ3v) is 7.00. The number of halogens is 3. The van der Waals surface area contributed by atoms with E-state index >= 15 is 0 Å². The molecule has 2 aliphatic rings. The molecule has 0 aromatic heterocycles. The lowest BCUT2D eigenvalue weighted by Crippen LogP contribution is -2.52. The molecule has 3 rings (SSSR count). The number of rotatable bonds is 4. The first kappa shape index (κ1) is 19.4. The summed E-state index contributed by atoms with van der Waals surface area (Å²) in [6.07, 6.45) is 0.979. The normalized spacial score (nSPS) is 21.7. The van der Waals surface area contributed by atoms with E-state index in [4.69, 9.17) is 0 Å². The zero-order valence-electron chi connectivity index (χ0n) is 14.4. The Hall–Kier alpha value is -1.32. The molecule has 0 radical (unpaired) electrons. The maximum atomic E-state index is 12.8. The maximum Gasteiger partial charge on any atom is 0.573 e. The van der Waals surface area contributed by atoms with E-state index in [1.54, 1.807) is 0 Å². The zero-order chi connectivity index (χ0) is 18.8. The van der Waals surface area contributed by atoms with Crippen LogP contribution in [0.5, 0.6) is 5.75 Å². The van der Waals surface area contributed by atoms with Crippen LogP contribution in [0.2, 0.25) is 0 Å². The van der Waals surface area contributed by atoms with Gasteiger partial charge in [0.2, 0.25) is 10.0 Å². The highest BCUT2D eigenvalue weighted by molar-refractivity contribution is 7.89. The van der Waals surface area contributed by atoms with Crippen LogP contribution in [0.25, 0.3) is 0 Å². The van der Waals surface area contributed by atoms with E-state index in [1.807, 2.05) is 0 Å². The van der Waals surface area contributed by atoms with Crippen molar-refractivity contribution in [3.63, 3.8) is 0 Å². The Morgan fingerprint density at radius 1 is 0.962 bits per heavy atom. The van der Waals surface area contributed by atoms with Crippen molar-refractivity contribution in [1.29, 1.82) is 0 Å². The number of hydrogen-bond donors (Lipinski definition) is 0. The van der Waals surface area contributed by atoms with Crippen molar-refractivity contribution >= 4 is 10.0 Å². The van der Waals surface area contributed by atoms with Gasteiger partial charge in [0.15, 0.2) is 0 Å². The van der Waals surface area contributed by atoms with Crippen LogP contribution in [0.4, 0.5) is 13.2 Å². The van der Waals surface area contributed by atoms with Crippen molar-refractivity contribution in [2.75, 3.05) is 26.2 Å². The van der Waals surface area contributed by atoms with Crippen molar-refractivity contribution in [3.8, 4) is 5.75 Å². The lowest BCUT2D eigenvalue weighted by molar-refractivity contribution is -0.275. The average Bonchev–Trinajstić information content (AvgIpc) is 2.61. The van der Waals surface area contributed by atoms with Gasteiger partial charge in [0.05, 0.1) is 0 Å². The molecule has 0 amide bonds. The molecule has 26 heavy (non-hydrogen) atoms. The lowest BCUT2D eigenvalue weighted by Gasteiger charge is -2.40. The molecule has 0 spiro atoms. The average molecular weight is 392 g/mol. The van der Waals surface area contributed by atoms with Crippen LogP contribution in [-0.4, -0.2) is 56.2 Å². The van der Waals surface area contributed by atoms with Gasteiger partial charge in [0.1, 0.15) is 10.6 Å². The number of benzene rings is 1. The number of ether oxygens (including phenoxy) is 1. The third kappa shape index (κ3) is 4.50. The van der Waals surface area contributed by atoms with Crippen LogP contribution in [0.15, 0.2) is 29.2 Å². The van der Waals surface area contributed by atoms with Crippen molar-refractivity contribution in [2.24, 2.45) is 0 Å². The number of para-hydroxylation sites is 1.